The number of halogens is 1. The summed E-state index contributed by atoms with van der Waals surface area (Å²) in [5.74, 6) is -1.27. The molecule has 2 aliphatic heterocycles. The maximum absolute atomic E-state index is 13.4. The molecule has 1 unspecified atom stereocenters. The number of rotatable bonds is 1. The Bertz CT molecular complexity index is 834. The molecule has 0 aliphatic carbocycles. The summed E-state index contributed by atoms with van der Waals surface area (Å²) < 4.78 is 13.4. The molecule has 0 saturated carbocycles. The van der Waals surface area contributed by atoms with Gasteiger partial charge in [-0.2, -0.15) is 0 Å². The molecule has 0 spiro atoms. The van der Waals surface area contributed by atoms with Crippen LogP contribution in [0.1, 0.15) is 29.0 Å². The van der Waals surface area contributed by atoms with Gasteiger partial charge in [0.2, 0.25) is 11.8 Å². The summed E-state index contributed by atoms with van der Waals surface area (Å²) >= 11 is 0. The molecule has 0 bridgehead atoms. The van der Waals surface area contributed by atoms with Gasteiger partial charge in [0.25, 0.3) is 0 Å². The van der Waals surface area contributed by atoms with Crippen molar-refractivity contribution < 1.29 is 14.0 Å². The molecule has 2 aromatic rings. The van der Waals surface area contributed by atoms with E-state index in [1.165, 1.54) is 17.7 Å². The van der Waals surface area contributed by atoms with Crippen molar-refractivity contribution in [1.29, 1.82) is 0 Å². The highest BCUT2D eigenvalue weighted by atomic mass is 19.1. The summed E-state index contributed by atoms with van der Waals surface area (Å²) in [4.78, 5) is 26.7. The van der Waals surface area contributed by atoms with Gasteiger partial charge in [0.05, 0.1) is 5.92 Å². The van der Waals surface area contributed by atoms with E-state index < -0.39 is 11.7 Å². The smallest absolute Gasteiger partial charge is 0.231 e. The van der Waals surface area contributed by atoms with Crippen LogP contribution in [0.2, 0.25) is 0 Å². The molecule has 4 rings (SSSR count). The van der Waals surface area contributed by atoms with E-state index in [0.717, 1.165) is 12.0 Å². The van der Waals surface area contributed by atoms with Crippen LogP contribution in [0.25, 0.3) is 0 Å². The first kappa shape index (κ1) is 14.9. The molecule has 0 saturated heterocycles. The van der Waals surface area contributed by atoms with E-state index in [9.17, 15) is 14.0 Å². The lowest BCUT2D eigenvalue weighted by Gasteiger charge is -2.33. The molecule has 2 heterocycles. The van der Waals surface area contributed by atoms with Crippen LogP contribution in [0.5, 0.6) is 0 Å². The lowest BCUT2D eigenvalue weighted by atomic mass is 9.88. The fraction of sp³-hybridized carbons (Fsp3) is 0.263. The molecule has 5 heteroatoms. The van der Waals surface area contributed by atoms with E-state index in [4.69, 9.17) is 0 Å². The van der Waals surface area contributed by atoms with Crippen molar-refractivity contribution in [2.75, 3.05) is 11.9 Å². The van der Waals surface area contributed by atoms with E-state index in [1.807, 2.05) is 18.2 Å². The van der Waals surface area contributed by atoms with Crippen LogP contribution in [-0.2, 0) is 22.6 Å². The minimum absolute atomic E-state index is 0.0628. The van der Waals surface area contributed by atoms with E-state index in [2.05, 4.69) is 11.4 Å². The Kier molecular flexibility index (Phi) is 3.56. The highest BCUT2D eigenvalue weighted by Crippen LogP contribution is 2.35. The third-order valence-corrected chi connectivity index (χ3v) is 4.79. The minimum Gasteiger partial charge on any atom is -0.337 e. The monoisotopic (exact) mass is 324 g/mol. The van der Waals surface area contributed by atoms with Crippen molar-refractivity contribution in [3.8, 4) is 0 Å². The van der Waals surface area contributed by atoms with Crippen LogP contribution in [0.3, 0.4) is 0 Å². The maximum atomic E-state index is 13.4. The average Bonchev–Trinajstić information content (AvgIpc) is 2.59. The number of nitrogens with zero attached hydrogens (tertiary/aromatic N) is 1. The molecule has 1 atom stereocenters. The molecule has 1 N–H and O–H groups in total. The van der Waals surface area contributed by atoms with E-state index in [0.29, 0.717) is 24.3 Å². The van der Waals surface area contributed by atoms with Crippen molar-refractivity contribution in [2.24, 2.45) is 0 Å². The maximum Gasteiger partial charge on any atom is 0.231 e. The topological polar surface area (TPSA) is 49.4 Å². The third-order valence-electron chi connectivity index (χ3n) is 4.79. The number of nitrogens with one attached hydrogen (secondary N) is 1. The first-order chi connectivity index (χ1) is 11.6. The van der Waals surface area contributed by atoms with Crippen LogP contribution in [-0.4, -0.2) is 23.3 Å². The second kappa shape index (κ2) is 5.74. The Hall–Kier alpha value is -2.69. The summed E-state index contributed by atoms with van der Waals surface area (Å²) in [6, 6.07) is 12.3. The van der Waals surface area contributed by atoms with Gasteiger partial charge in [0.1, 0.15) is 5.82 Å². The fourth-order valence-electron chi connectivity index (χ4n) is 3.56. The standard InChI is InChI=1S/C19H17FN2O2/c20-14-5-6-15-16(10-18(23)21-17(15)9-14)19(24)22-8-7-12-3-1-2-4-13(12)11-22/h1-6,9,16H,7-8,10-11H2,(H,21,23). The van der Waals surface area contributed by atoms with Gasteiger partial charge in [0.15, 0.2) is 0 Å². The van der Waals surface area contributed by atoms with Gasteiger partial charge in [-0.3, -0.25) is 9.59 Å². The summed E-state index contributed by atoms with van der Waals surface area (Å²) in [5, 5.41) is 2.65. The van der Waals surface area contributed by atoms with Gasteiger partial charge >= 0.3 is 0 Å². The van der Waals surface area contributed by atoms with E-state index in [-0.39, 0.29) is 18.2 Å². The average molecular weight is 324 g/mol. The van der Waals surface area contributed by atoms with Gasteiger partial charge in [-0.05, 0) is 35.2 Å². The van der Waals surface area contributed by atoms with Crippen molar-refractivity contribution in [3.05, 3.63) is 65.0 Å². The summed E-state index contributed by atoms with van der Waals surface area (Å²) in [5.41, 5.74) is 3.52. The first-order valence-electron chi connectivity index (χ1n) is 8.06. The van der Waals surface area contributed by atoms with Crippen LogP contribution in [0, 0.1) is 5.82 Å². The number of amides is 2. The quantitative estimate of drug-likeness (QED) is 0.877. The third kappa shape index (κ3) is 2.56. The Morgan fingerprint density at radius 1 is 1.17 bits per heavy atom. The number of benzene rings is 2. The molecule has 2 aromatic carbocycles. The predicted molar refractivity (Wildman–Crippen MR) is 88.0 cm³/mol. The number of carbonyl (C=O) groups excluding carboxylic acids is 2. The van der Waals surface area contributed by atoms with Crippen molar-refractivity contribution in [2.45, 2.75) is 25.3 Å². The zero-order valence-corrected chi connectivity index (χ0v) is 13.1. The van der Waals surface area contributed by atoms with Crippen LogP contribution in [0.4, 0.5) is 10.1 Å². The van der Waals surface area contributed by atoms with Gasteiger partial charge in [-0.15, -0.1) is 0 Å². The van der Waals surface area contributed by atoms with Gasteiger partial charge in [-0.1, -0.05) is 30.3 Å². The molecule has 122 valence electrons. The number of fused-ring (bicyclic) bond motifs is 2. The predicted octanol–water partition coefficient (Wildman–Crippen LogP) is 2.84. The second-order valence-electron chi connectivity index (χ2n) is 6.31. The molecule has 4 nitrogen and oxygen atoms in total. The van der Waals surface area contributed by atoms with Crippen molar-refractivity contribution in [3.63, 3.8) is 0 Å². The molecule has 0 aromatic heterocycles. The zero-order valence-electron chi connectivity index (χ0n) is 13.1. The highest BCUT2D eigenvalue weighted by molar-refractivity contribution is 6.01. The van der Waals surface area contributed by atoms with Crippen molar-refractivity contribution >= 4 is 17.5 Å². The summed E-state index contributed by atoms with van der Waals surface area (Å²) in [6.45, 7) is 1.20. The lowest BCUT2D eigenvalue weighted by Crippen LogP contribution is -2.41. The van der Waals surface area contributed by atoms with Crippen LogP contribution >= 0.6 is 0 Å². The Morgan fingerprint density at radius 3 is 2.79 bits per heavy atom. The summed E-state index contributed by atoms with van der Waals surface area (Å²) in [7, 11) is 0. The largest absolute Gasteiger partial charge is 0.337 e. The van der Waals surface area contributed by atoms with E-state index >= 15 is 0 Å². The van der Waals surface area contributed by atoms with E-state index in [1.54, 1.807) is 11.0 Å². The molecular formula is C19H17FN2O2. The fourth-order valence-corrected chi connectivity index (χ4v) is 3.56. The number of anilines is 1. The van der Waals surface area contributed by atoms with Gasteiger partial charge in [0, 0.05) is 25.2 Å². The SMILES string of the molecule is O=C1CC(C(=O)N2CCc3ccccc3C2)c2ccc(F)cc2N1. The second-order valence-corrected chi connectivity index (χ2v) is 6.31. The molecule has 0 radical (unpaired) electrons. The molecule has 24 heavy (non-hydrogen) atoms. The highest BCUT2D eigenvalue weighted by Gasteiger charge is 2.34. The zero-order chi connectivity index (χ0) is 16.7. The van der Waals surface area contributed by atoms with Gasteiger partial charge < -0.3 is 10.2 Å². The minimum atomic E-state index is -0.542. The van der Waals surface area contributed by atoms with Crippen molar-refractivity contribution in [1.82, 2.24) is 4.90 Å². The normalized spacial score (nSPS) is 19.3. The number of hydrogen-bond acceptors (Lipinski definition) is 2. The molecule has 0 fully saturated rings. The molecular weight excluding hydrogens is 307 g/mol. The van der Waals surface area contributed by atoms with Crippen LogP contribution in [0.15, 0.2) is 42.5 Å². The summed E-state index contributed by atoms with van der Waals surface area (Å²) in [6.07, 6.45) is 0.923. The van der Waals surface area contributed by atoms with Crippen LogP contribution < -0.4 is 5.32 Å². The molecule has 2 amide bonds. The Morgan fingerprint density at radius 2 is 1.96 bits per heavy atom. The Balaban J connectivity index is 1.63. The number of carbonyl (C=O) groups is 2. The lowest BCUT2D eigenvalue weighted by molar-refractivity contribution is -0.135. The number of hydrogen-bond donors (Lipinski definition) is 1. The Labute approximate surface area is 139 Å². The molecule has 2 aliphatic rings. The first-order valence-corrected chi connectivity index (χ1v) is 8.06. The van der Waals surface area contributed by atoms with Gasteiger partial charge in [-0.25, -0.2) is 4.39 Å².